The van der Waals surface area contributed by atoms with Crippen LogP contribution >= 0.6 is 0 Å². The molecular weight excluding hydrogens is 380 g/mol. The number of hydrogen-bond acceptors (Lipinski definition) is 2. The maximum Gasteiger partial charge on any atom is 0.302 e. The van der Waals surface area contributed by atoms with Gasteiger partial charge in [0.15, 0.2) is 0 Å². The van der Waals surface area contributed by atoms with Crippen molar-refractivity contribution >= 4 is 5.97 Å². The lowest BCUT2D eigenvalue weighted by Gasteiger charge is -2.61. The van der Waals surface area contributed by atoms with Gasteiger partial charge in [0.1, 0.15) is 6.10 Å². The number of carbonyl (C=O) groups excluding carboxylic acids is 1. The van der Waals surface area contributed by atoms with Crippen LogP contribution in [0, 0.1) is 52.3 Å². The molecule has 0 aromatic carbocycles. The van der Waals surface area contributed by atoms with Crippen LogP contribution in [-0.2, 0) is 9.53 Å². The standard InChI is InChI=1S/C29H48O2/c1-7-19(2)8-9-20(3)25-12-13-26-24-11-10-22-18-23(31-21(4)30)14-16-28(22,5)27(24)15-17-29(25,26)6/h8-9,19-20,22-27H,7,10-18H2,1-6H3/t19-,20-,22+,23+,24+,25-,26+,27+,28+,29-/m1/s1. The Bertz CT molecular complexity index is 682. The van der Waals surface area contributed by atoms with Crippen molar-refractivity contribution in [3.63, 3.8) is 0 Å². The van der Waals surface area contributed by atoms with Crippen LogP contribution in [0.3, 0.4) is 0 Å². The second-order valence-corrected chi connectivity index (χ2v) is 12.5. The van der Waals surface area contributed by atoms with E-state index in [9.17, 15) is 4.79 Å². The second kappa shape index (κ2) is 8.86. The van der Waals surface area contributed by atoms with E-state index in [1.165, 1.54) is 51.4 Å². The smallest absolute Gasteiger partial charge is 0.302 e. The lowest BCUT2D eigenvalue weighted by atomic mass is 9.44. The topological polar surface area (TPSA) is 26.3 Å². The highest BCUT2D eigenvalue weighted by molar-refractivity contribution is 5.66. The van der Waals surface area contributed by atoms with E-state index in [1.54, 1.807) is 6.92 Å². The Morgan fingerprint density at radius 1 is 0.968 bits per heavy atom. The van der Waals surface area contributed by atoms with Gasteiger partial charge in [0, 0.05) is 6.92 Å². The number of fused-ring (bicyclic) bond motifs is 5. The van der Waals surface area contributed by atoms with E-state index in [2.05, 4.69) is 46.8 Å². The number of allylic oxidation sites excluding steroid dienone is 2. The summed E-state index contributed by atoms with van der Waals surface area (Å²) in [5, 5.41) is 0. The lowest BCUT2D eigenvalue weighted by Crippen LogP contribution is -2.54. The van der Waals surface area contributed by atoms with E-state index >= 15 is 0 Å². The molecule has 4 aliphatic carbocycles. The fourth-order valence-electron chi connectivity index (χ4n) is 9.10. The van der Waals surface area contributed by atoms with Crippen molar-refractivity contribution in [1.29, 1.82) is 0 Å². The zero-order chi connectivity index (χ0) is 22.4. The van der Waals surface area contributed by atoms with E-state index in [0.29, 0.717) is 22.7 Å². The minimum atomic E-state index is -0.0933. The summed E-state index contributed by atoms with van der Waals surface area (Å²) < 4.78 is 5.65. The molecule has 0 heterocycles. The number of rotatable bonds is 5. The maximum absolute atomic E-state index is 11.5. The highest BCUT2D eigenvalue weighted by atomic mass is 16.5. The molecule has 0 aromatic rings. The second-order valence-electron chi connectivity index (χ2n) is 12.5. The summed E-state index contributed by atoms with van der Waals surface area (Å²) in [6.45, 7) is 14.0. The van der Waals surface area contributed by atoms with Crippen LogP contribution in [0.4, 0.5) is 0 Å². The average molecular weight is 429 g/mol. The average Bonchev–Trinajstić information content (AvgIpc) is 3.09. The van der Waals surface area contributed by atoms with Gasteiger partial charge in [-0.3, -0.25) is 4.79 Å². The first-order valence-electron chi connectivity index (χ1n) is 13.5. The number of hydrogen-bond donors (Lipinski definition) is 0. The molecule has 0 radical (unpaired) electrons. The normalized spacial score (nSPS) is 46.6. The zero-order valence-electron chi connectivity index (χ0n) is 21.2. The van der Waals surface area contributed by atoms with Gasteiger partial charge in [-0.15, -0.1) is 0 Å². The minimum Gasteiger partial charge on any atom is -0.463 e. The molecule has 0 spiro atoms. The van der Waals surface area contributed by atoms with E-state index in [0.717, 1.165) is 42.4 Å². The number of ether oxygens (including phenoxy) is 1. The molecule has 2 heteroatoms. The van der Waals surface area contributed by atoms with Gasteiger partial charge in [0.05, 0.1) is 0 Å². The maximum atomic E-state index is 11.5. The summed E-state index contributed by atoms with van der Waals surface area (Å²) in [5.41, 5.74) is 1.01. The van der Waals surface area contributed by atoms with Gasteiger partial charge in [-0.05, 0) is 110 Å². The van der Waals surface area contributed by atoms with Crippen molar-refractivity contribution in [3.8, 4) is 0 Å². The molecule has 0 N–H and O–H groups in total. The van der Waals surface area contributed by atoms with Gasteiger partial charge in [-0.2, -0.15) is 0 Å². The van der Waals surface area contributed by atoms with Crippen LogP contribution in [0.15, 0.2) is 12.2 Å². The third-order valence-electron chi connectivity index (χ3n) is 11.0. The van der Waals surface area contributed by atoms with Crippen molar-refractivity contribution in [2.45, 2.75) is 112 Å². The molecule has 4 saturated carbocycles. The molecule has 10 atom stereocenters. The van der Waals surface area contributed by atoms with Crippen LogP contribution < -0.4 is 0 Å². The van der Waals surface area contributed by atoms with Crippen LogP contribution in [0.25, 0.3) is 0 Å². The van der Waals surface area contributed by atoms with Crippen molar-refractivity contribution in [1.82, 2.24) is 0 Å². The molecule has 0 bridgehead atoms. The number of esters is 1. The Balaban J connectivity index is 1.47. The van der Waals surface area contributed by atoms with Crippen LogP contribution in [0.1, 0.15) is 106 Å². The Labute approximate surface area is 192 Å². The first-order valence-corrected chi connectivity index (χ1v) is 13.5. The van der Waals surface area contributed by atoms with Crippen molar-refractivity contribution < 1.29 is 9.53 Å². The first kappa shape index (κ1) is 23.4. The summed E-state index contributed by atoms with van der Waals surface area (Å²) in [4.78, 5) is 11.5. The summed E-state index contributed by atoms with van der Waals surface area (Å²) in [6.07, 6.45) is 18.5. The fraction of sp³-hybridized carbons (Fsp3) is 0.897. The van der Waals surface area contributed by atoms with Crippen LogP contribution in [-0.4, -0.2) is 12.1 Å². The molecule has 0 saturated heterocycles. The summed E-state index contributed by atoms with van der Waals surface area (Å²) in [7, 11) is 0. The Kier molecular flexibility index (Phi) is 6.68. The van der Waals surface area contributed by atoms with E-state index in [-0.39, 0.29) is 12.1 Å². The van der Waals surface area contributed by atoms with Crippen molar-refractivity contribution in [3.05, 3.63) is 12.2 Å². The van der Waals surface area contributed by atoms with Gasteiger partial charge < -0.3 is 4.74 Å². The molecule has 0 amide bonds. The summed E-state index contributed by atoms with van der Waals surface area (Å²) >= 11 is 0. The molecule has 31 heavy (non-hydrogen) atoms. The Morgan fingerprint density at radius 3 is 2.39 bits per heavy atom. The molecule has 0 aromatic heterocycles. The Hall–Kier alpha value is -0.790. The molecule has 4 aliphatic rings. The van der Waals surface area contributed by atoms with Crippen molar-refractivity contribution in [2.24, 2.45) is 52.3 Å². The van der Waals surface area contributed by atoms with E-state index in [1.807, 2.05) is 0 Å². The minimum absolute atomic E-state index is 0.0933. The zero-order valence-corrected chi connectivity index (χ0v) is 21.2. The van der Waals surface area contributed by atoms with Gasteiger partial charge in [0.2, 0.25) is 0 Å². The van der Waals surface area contributed by atoms with E-state index in [4.69, 9.17) is 4.74 Å². The molecule has 0 unspecified atom stereocenters. The van der Waals surface area contributed by atoms with Crippen LogP contribution in [0.5, 0.6) is 0 Å². The SMILES string of the molecule is CC[C@@H](C)C=C[C@@H](C)[C@H]1CC[C@H]2[C@@H]3CC[C@H]4C[C@@H](OC(C)=O)CC[C@]4(C)[C@H]3CC[C@]12C. The van der Waals surface area contributed by atoms with Gasteiger partial charge in [-0.1, -0.05) is 53.2 Å². The highest BCUT2D eigenvalue weighted by Crippen LogP contribution is 2.68. The molecular formula is C29H48O2. The molecule has 4 rings (SSSR count). The molecule has 176 valence electrons. The van der Waals surface area contributed by atoms with Gasteiger partial charge in [-0.25, -0.2) is 0 Å². The fourth-order valence-corrected chi connectivity index (χ4v) is 9.10. The van der Waals surface area contributed by atoms with Crippen molar-refractivity contribution in [2.75, 3.05) is 0 Å². The highest BCUT2D eigenvalue weighted by Gasteiger charge is 2.60. The van der Waals surface area contributed by atoms with Gasteiger partial charge in [0.25, 0.3) is 0 Å². The molecule has 4 fully saturated rings. The number of carbonyl (C=O) groups is 1. The predicted octanol–water partition coefficient (Wildman–Crippen LogP) is 7.82. The molecule has 2 nitrogen and oxygen atoms in total. The summed E-state index contributed by atoms with van der Waals surface area (Å²) in [6, 6.07) is 0. The molecule has 0 aliphatic heterocycles. The Morgan fingerprint density at radius 2 is 1.68 bits per heavy atom. The van der Waals surface area contributed by atoms with E-state index < -0.39 is 0 Å². The summed E-state index contributed by atoms with van der Waals surface area (Å²) in [5.74, 6) is 5.71. The third kappa shape index (κ3) is 4.15. The third-order valence-corrected chi connectivity index (χ3v) is 11.0. The largest absolute Gasteiger partial charge is 0.463 e. The first-order chi connectivity index (χ1) is 14.7. The van der Waals surface area contributed by atoms with Gasteiger partial charge >= 0.3 is 5.97 Å². The quantitative estimate of drug-likeness (QED) is 0.329. The monoisotopic (exact) mass is 428 g/mol. The predicted molar refractivity (Wildman–Crippen MR) is 129 cm³/mol. The van der Waals surface area contributed by atoms with Crippen LogP contribution in [0.2, 0.25) is 0 Å². The lowest BCUT2D eigenvalue weighted by molar-refractivity contribution is -0.160.